The van der Waals surface area contributed by atoms with Crippen LogP contribution in [0.1, 0.15) is 39.0 Å². The van der Waals surface area contributed by atoms with E-state index >= 15 is 0 Å². The van der Waals surface area contributed by atoms with Crippen LogP contribution >= 0.6 is 11.6 Å². The van der Waals surface area contributed by atoms with Gasteiger partial charge in [-0.05, 0) is 44.4 Å². The summed E-state index contributed by atoms with van der Waals surface area (Å²) in [4.78, 5) is 12.2. The van der Waals surface area contributed by atoms with Gasteiger partial charge in [0.15, 0.2) is 0 Å². The minimum absolute atomic E-state index is 0.102. The van der Waals surface area contributed by atoms with E-state index in [1.807, 2.05) is 6.92 Å². The molecule has 0 bridgehead atoms. The number of benzene rings is 1. The van der Waals surface area contributed by atoms with E-state index in [-0.39, 0.29) is 10.9 Å². The predicted molar refractivity (Wildman–Crippen MR) is 75.1 cm³/mol. The Bertz CT molecular complexity index is 516. The number of halogens is 2. The lowest BCUT2D eigenvalue weighted by molar-refractivity contribution is -0.118. The van der Waals surface area contributed by atoms with Crippen molar-refractivity contribution in [3.63, 3.8) is 0 Å². The summed E-state index contributed by atoms with van der Waals surface area (Å²) in [7, 11) is 0. The Morgan fingerprint density at radius 2 is 2.00 bits per heavy atom. The molecule has 0 saturated carbocycles. The molecule has 3 nitrogen and oxygen atoms in total. The molecule has 0 spiro atoms. The van der Waals surface area contributed by atoms with Crippen LogP contribution in [0.4, 0.5) is 10.1 Å². The molecule has 1 aromatic carbocycles. The van der Waals surface area contributed by atoms with Gasteiger partial charge >= 0.3 is 0 Å². The highest BCUT2D eigenvalue weighted by Crippen LogP contribution is 2.28. The highest BCUT2D eigenvalue weighted by atomic mass is 35.5. The summed E-state index contributed by atoms with van der Waals surface area (Å²) in [5.41, 5.74) is 1.32. The fourth-order valence-corrected chi connectivity index (χ4v) is 2.30. The van der Waals surface area contributed by atoms with Crippen molar-refractivity contribution in [2.45, 2.75) is 39.0 Å². The van der Waals surface area contributed by atoms with Crippen molar-refractivity contribution in [3.8, 4) is 0 Å². The highest BCUT2D eigenvalue weighted by molar-refractivity contribution is 6.33. The Labute approximate surface area is 117 Å². The molecule has 102 valence electrons. The molecule has 1 heterocycles. The molecule has 1 aromatic rings. The van der Waals surface area contributed by atoms with Gasteiger partial charge in [0.25, 0.3) is 0 Å². The molecule has 0 saturated heterocycles. The van der Waals surface area contributed by atoms with E-state index in [1.165, 1.54) is 23.2 Å². The van der Waals surface area contributed by atoms with Crippen molar-refractivity contribution < 1.29 is 9.18 Å². The maximum absolute atomic E-state index is 13.1. The number of hydrogen-bond acceptors (Lipinski definition) is 2. The maximum atomic E-state index is 13.1. The van der Waals surface area contributed by atoms with Crippen LogP contribution in [-0.4, -0.2) is 11.6 Å². The van der Waals surface area contributed by atoms with Crippen LogP contribution in [0.25, 0.3) is 0 Å². The molecule has 1 amide bonds. The number of hydrogen-bond donors (Lipinski definition) is 0. The first-order chi connectivity index (χ1) is 9.08. The molecule has 0 aromatic heterocycles. The number of carbonyl (C=O) groups is 1. The first-order valence-corrected chi connectivity index (χ1v) is 6.78. The molecule has 1 aliphatic rings. The third-order valence-electron chi connectivity index (χ3n) is 3.07. The van der Waals surface area contributed by atoms with Gasteiger partial charge < -0.3 is 0 Å². The quantitative estimate of drug-likeness (QED) is 0.761. The van der Waals surface area contributed by atoms with Gasteiger partial charge in [0, 0.05) is 12.1 Å². The number of hydrazone groups is 1. The molecule has 5 heteroatoms. The summed E-state index contributed by atoms with van der Waals surface area (Å²) in [6.07, 6.45) is 4.20. The second-order valence-corrected chi connectivity index (χ2v) is 5.10. The number of anilines is 1. The lowest BCUT2D eigenvalue weighted by Gasteiger charge is -2.19. The van der Waals surface area contributed by atoms with E-state index in [4.69, 9.17) is 11.6 Å². The summed E-state index contributed by atoms with van der Waals surface area (Å²) in [5.74, 6) is -0.527. The number of amides is 1. The van der Waals surface area contributed by atoms with Crippen LogP contribution in [0.2, 0.25) is 5.02 Å². The molecule has 0 aliphatic carbocycles. The van der Waals surface area contributed by atoms with Crippen molar-refractivity contribution in [1.29, 1.82) is 0 Å². The van der Waals surface area contributed by atoms with E-state index in [0.717, 1.165) is 31.4 Å². The molecular weight excluding hydrogens is 267 g/mol. The monoisotopic (exact) mass is 282 g/mol. The molecule has 0 radical (unpaired) electrons. The van der Waals surface area contributed by atoms with Crippen molar-refractivity contribution in [1.82, 2.24) is 0 Å². The van der Waals surface area contributed by atoms with Gasteiger partial charge in [0.05, 0.1) is 10.7 Å². The van der Waals surface area contributed by atoms with Crippen LogP contribution in [0.15, 0.2) is 23.3 Å². The van der Waals surface area contributed by atoms with Crippen LogP contribution in [0.5, 0.6) is 0 Å². The summed E-state index contributed by atoms with van der Waals surface area (Å²) in [6, 6.07) is 3.97. The second kappa shape index (κ2) is 6.15. The van der Waals surface area contributed by atoms with Crippen LogP contribution in [-0.2, 0) is 4.79 Å². The molecule has 2 rings (SSSR count). The Balaban J connectivity index is 2.39. The molecule has 1 aliphatic heterocycles. The van der Waals surface area contributed by atoms with E-state index in [9.17, 15) is 9.18 Å². The normalized spacial score (nSPS) is 20.3. The van der Waals surface area contributed by atoms with Gasteiger partial charge in [0.2, 0.25) is 5.91 Å². The second-order valence-electron chi connectivity index (χ2n) is 4.70. The van der Waals surface area contributed by atoms with E-state index in [1.54, 1.807) is 0 Å². The first kappa shape index (κ1) is 14.0. The van der Waals surface area contributed by atoms with Crippen LogP contribution in [0.3, 0.4) is 0 Å². The fraction of sp³-hybridized carbons (Fsp3) is 0.429. The number of carbonyl (C=O) groups excluding carboxylic acids is 1. The minimum atomic E-state index is -0.425. The Morgan fingerprint density at radius 3 is 2.74 bits per heavy atom. The summed E-state index contributed by atoms with van der Waals surface area (Å²) in [5, 5.41) is 5.84. The maximum Gasteiger partial charge on any atom is 0.247 e. The zero-order valence-electron chi connectivity index (χ0n) is 10.8. The predicted octanol–water partition coefficient (Wildman–Crippen LogP) is 4.15. The molecule has 0 N–H and O–H groups in total. The van der Waals surface area contributed by atoms with E-state index in [2.05, 4.69) is 5.10 Å². The largest absolute Gasteiger partial charge is 0.273 e. The van der Waals surface area contributed by atoms with Crippen molar-refractivity contribution in [2.75, 3.05) is 5.01 Å². The third kappa shape index (κ3) is 3.53. The average Bonchev–Trinajstić information content (AvgIpc) is 2.42. The SMILES string of the molecule is C/C1=N/N(c2ccc(F)cc2Cl)C(=O)CCCCC1. The Kier molecular flexibility index (Phi) is 4.53. The summed E-state index contributed by atoms with van der Waals surface area (Å²) >= 11 is 6.01. The molecule has 0 atom stereocenters. The Morgan fingerprint density at radius 1 is 1.26 bits per heavy atom. The van der Waals surface area contributed by atoms with Gasteiger partial charge in [-0.3, -0.25) is 4.79 Å². The van der Waals surface area contributed by atoms with Gasteiger partial charge in [0.1, 0.15) is 5.82 Å². The van der Waals surface area contributed by atoms with Crippen LogP contribution in [0, 0.1) is 5.82 Å². The van der Waals surface area contributed by atoms with E-state index < -0.39 is 5.82 Å². The zero-order valence-corrected chi connectivity index (χ0v) is 11.6. The van der Waals surface area contributed by atoms with Crippen molar-refractivity contribution in [2.24, 2.45) is 5.10 Å². The lowest BCUT2D eigenvalue weighted by Crippen LogP contribution is -2.26. The number of nitrogens with zero attached hydrogens (tertiary/aromatic N) is 2. The van der Waals surface area contributed by atoms with Crippen molar-refractivity contribution >= 4 is 28.9 Å². The molecule has 0 unspecified atom stereocenters. The zero-order chi connectivity index (χ0) is 13.8. The minimum Gasteiger partial charge on any atom is -0.273 e. The van der Waals surface area contributed by atoms with Gasteiger partial charge in [-0.25, -0.2) is 4.39 Å². The average molecular weight is 283 g/mol. The third-order valence-corrected chi connectivity index (χ3v) is 3.38. The smallest absolute Gasteiger partial charge is 0.247 e. The summed E-state index contributed by atoms with van der Waals surface area (Å²) < 4.78 is 13.1. The van der Waals surface area contributed by atoms with E-state index in [0.29, 0.717) is 12.1 Å². The topological polar surface area (TPSA) is 32.7 Å². The van der Waals surface area contributed by atoms with Crippen molar-refractivity contribution in [3.05, 3.63) is 29.0 Å². The van der Waals surface area contributed by atoms with Gasteiger partial charge in [-0.2, -0.15) is 10.1 Å². The molecular formula is C14H16ClFN2O. The lowest BCUT2D eigenvalue weighted by atomic mass is 10.1. The summed E-state index contributed by atoms with van der Waals surface area (Å²) in [6.45, 7) is 1.89. The number of rotatable bonds is 1. The molecule has 0 fully saturated rings. The van der Waals surface area contributed by atoms with Gasteiger partial charge in [-0.15, -0.1) is 0 Å². The molecule has 19 heavy (non-hydrogen) atoms. The standard InChI is InChI=1S/C14H16ClFN2O/c1-10-5-3-2-4-6-14(19)18(17-10)13-8-7-11(16)9-12(13)15/h7-9H,2-6H2,1H3/b17-10-. The Hall–Kier alpha value is -1.42. The van der Waals surface area contributed by atoms with Crippen LogP contribution < -0.4 is 5.01 Å². The first-order valence-electron chi connectivity index (χ1n) is 6.40. The highest BCUT2D eigenvalue weighted by Gasteiger charge is 2.19. The van der Waals surface area contributed by atoms with Gasteiger partial charge in [-0.1, -0.05) is 18.0 Å². The fourth-order valence-electron chi connectivity index (χ4n) is 2.06.